The number of aromatic nitrogens is 1. The van der Waals surface area contributed by atoms with Gasteiger partial charge in [0.25, 0.3) is 0 Å². The number of rotatable bonds is 2. The minimum Gasteiger partial charge on any atom is -0.363 e. The van der Waals surface area contributed by atoms with Crippen molar-refractivity contribution < 1.29 is 0 Å². The summed E-state index contributed by atoms with van der Waals surface area (Å²) in [5.74, 6) is 0. The fraction of sp³-hybridized carbons (Fsp3) is 0.556. The maximum atomic E-state index is 5.75. The smallest absolute Gasteiger partial charge is 0.0583 e. The molecule has 0 aliphatic rings. The fourth-order valence-corrected chi connectivity index (χ4v) is 1.06. The maximum absolute atomic E-state index is 5.75. The second-order valence-electron chi connectivity index (χ2n) is 3.95. The van der Waals surface area contributed by atoms with Gasteiger partial charge in [-0.1, -0.05) is 11.6 Å². The third-order valence-corrected chi connectivity index (χ3v) is 1.73. The number of hydrogen-bond acceptors (Lipinski definition) is 1. The molecule has 0 amide bonds. The largest absolute Gasteiger partial charge is 0.363 e. The molecule has 0 radical (unpaired) electrons. The van der Waals surface area contributed by atoms with E-state index >= 15 is 0 Å². The van der Waals surface area contributed by atoms with Gasteiger partial charge in [-0.05, 0) is 26.8 Å². The number of nitrogens with one attached hydrogen (secondary N) is 2. The summed E-state index contributed by atoms with van der Waals surface area (Å²) in [4.78, 5) is 3.08. The molecule has 1 aromatic rings. The van der Waals surface area contributed by atoms with Crippen LogP contribution in [0.2, 0.25) is 5.02 Å². The molecule has 0 saturated heterocycles. The van der Waals surface area contributed by atoms with Crippen molar-refractivity contribution in [3.63, 3.8) is 0 Å². The van der Waals surface area contributed by atoms with Crippen molar-refractivity contribution in [2.45, 2.75) is 32.9 Å². The van der Waals surface area contributed by atoms with Gasteiger partial charge in [-0.15, -0.1) is 0 Å². The second-order valence-corrected chi connectivity index (χ2v) is 4.38. The molecule has 0 bridgehead atoms. The van der Waals surface area contributed by atoms with Crippen molar-refractivity contribution in [1.82, 2.24) is 10.3 Å². The number of aromatic amines is 1. The molecule has 3 heteroatoms. The van der Waals surface area contributed by atoms with Crippen molar-refractivity contribution in [1.29, 1.82) is 0 Å². The summed E-state index contributed by atoms with van der Waals surface area (Å²) in [6.07, 6.45) is 1.79. The van der Waals surface area contributed by atoms with E-state index in [1.165, 1.54) is 0 Å². The highest BCUT2D eigenvalue weighted by molar-refractivity contribution is 6.30. The van der Waals surface area contributed by atoms with Gasteiger partial charge in [0.15, 0.2) is 0 Å². The minimum atomic E-state index is 0.150. The van der Waals surface area contributed by atoms with Gasteiger partial charge >= 0.3 is 0 Å². The Bertz CT molecular complexity index is 247. The molecule has 0 spiro atoms. The summed E-state index contributed by atoms with van der Waals surface area (Å²) in [6.45, 7) is 7.24. The highest BCUT2D eigenvalue weighted by Crippen LogP contribution is 2.10. The average Bonchev–Trinajstić information content (AvgIpc) is 2.30. The Hall–Kier alpha value is -0.470. The summed E-state index contributed by atoms with van der Waals surface area (Å²) in [5.41, 5.74) is 1.27. The third kappa shape index (κ3) is 3.28. The summed E-state index contributed by atoms with van der Waals surface area (Å²) < 4.78 is 0. The normalized spacial score (nSPS) is 12.0. The standard InChI is InChI=1S/C9H15ClN2/c1-9(2,3)12-6-8-4-7(10)5-11-8/h4-5,11-12H,6H2,1-3H3. The number of halogens is 1. The van der Waals surface area contributed by atoms with Crippen molar-refractivity contribution >= 4 is 11.6 Å². The Morgan fingerprint density at radius 1 is 1.50 bits per heavy atom. The molecule has 0 unspecified atom stereocenters. The molecule has 0 atom stereocenters. The third-order valence-electron chi connectivity index (χ3n) is 1.52. The lowest BCUT2D eigenvalue weighted by atomic mass is 10.1. The molecule has 0 aromatic carbocycles. The SMILES string of the molecule is CC(C)(C)NCc1cc(Cl)c[nH]1. The van der Waals surface area contributed by atoms with Crippen LogP contribution in [0, 0.1) is 0 Å². The molecule has 1 rings (SSSR count). The lowest BCUT2D eigenvalue weighted by Crippen LogP contribution is -2.35. The molecular weight excluding hydrogens is 172 g/mol. The van der Waals surface area contributed by atoms with Gasteiger partial charge in [0, 0.05) is 24.0 Å². The summed E-state index contributed by atoms with van der Waals surface area (Å²) >= 11 is 5.75. The zero-order valence-electron chi connectivity index (χ0n) is 7.74. The van der Waals surface area contributed by atoms with Gasteiger partial charge in [0.1, 0.15) is 0 Å². The van der Waals surface area contributed by atoms with Crippen LogP contribution in [0.3, 0.4) is 0 Å². The first-order chi connectivity index (χ1) is 5.47. The first-order valence-electron chi connectivity index (χ1n) is 4.05. The van der Waals surface area contributed by atoms with E-state index in [1.807, 2.05) is 6.07 Å². The van der Waals surface area contributed by atoms with E-state index in [1.54, 1.807) is 6.20 Å². The molecule has 0 fully saturated rings. The Labute approximate surface area is 78.3 Å². The second kappa shape index (κ2) is 3.50. The zero-order chi connectivity index (χ0) is 9.19. The average molecular weight is 187 g/mol. The molecule has 2 nitrogen and oxygen atoms in total. The molecule has 1 aromatic heterocycles. The van der Waals surface area contributed by atoms with Crippen molar-refractivity contribution in [3.8, 4) is 0 Å². The van der Waals surface area contributed by atoms with Gasteiger partial charge in [-0.3, -0.25) is 0 Å². The van der Waals surface area contributed by atoms with Crippen LogP contribution in [0.5, 0.6) is 0 Å². The Kier molecular flexibility index (Phi) is 2.80. The number of H-pyrrole nitrogens is 1. The summed E-state index contributed by atoms with van der Waals surface area (Å²) in [7, 11) is 0. The molecule has 0 aliphatic heterocycles. The van der Waals surface area contributed by atoms with E-state index in [9.17, 15) is 0 Å². The van der Waals surface area contributed by atoms with Crippen LogP contribution in [0.15, 0.2) is 12.3 Å². The van der Waals surface area contributed by atoms with Gasteiger partial charge < -0.3 is 10.3 Å². The quantitative estimate of drug-likeness (QED) is 0.730. The van der Waals surface area contributed by atoms with Crippen molar-refractivity contribution in [2.75, 3.05) is 0 Å². The summed E-state index contributed by atoms with van der Waals surface area (Å²) in [5, 5.41) is 4.13. The minimum absolute atomic E-state index is 0.150. The van der Waals surface area contributed by atoms with Crippen molar-refractivity contribution in [2.24, 2.45) is 0 Å². The van der Waals surface area contributed by atoms with Gasteiger partial charge in [0.05, 0.1) is 5.02 Å². The van der Waals surface area contributed by atoms with Crippen LogP contribution < -0.4 is 5.32 Å². The van der Waals surface area contributed by atoms with E-state index < -0.39 is 0 Å². The molecular formula is C9H15ClN2. The highest BCUT2D eigenvalue weighted by Gasteiger charge is 2.08. The molecule has 2 N–H and O–H groups in total. The van der Waals surface area contributed by atoms with Gasteiger partial charge in [-0.2, -0.15) is 0 Å². The predicted octanol–water partition coefficient (Wildman–Crippen LogP) is 2.56. The van der Waals surface area contributed by atoms with Gasteiger partial charge in [0.2, 0.25) is 0 Å². The van der Waals surface area contributed by atoms with E-state index in [0.29, 0.717) is 0 Å². The van der Waals surface area contributed by atoms with Crippen molar-refractivity contribution in [3.05, 3.63) is 23.0 Å². The lowest BCUT2D eigenvalue weighted by molar-refractivity contribution is 0.422. The fourth-order valence-electron chi connectivity index (χ4n) is 0.874. The molecule has 68 valence electrons. The Morgan fingerprint density at radius 2 is 2.17 bits per heavy atom. The van der Waals surface area contributed by atoms with E-state index in [4.69, 9.17) is 11.6 Å². The zero-order valence-corrected chi connectivity index (χ0v) is 8.50. The lowest BCUT2D eigenvalue weighted by Gasteiger charge is -2.19. The molecule has 0 aliphatic carbocycles. The van der Waals surface area contributed by atoms with Gasteiger partial charge in [-0.25, -0.2) is 0 Å². The predicted molar refractivity (Wildman–Crippen MR) is 52.4 cm³/mol. The maximum Gasteiger partial charge on any atom is 0.0583 e. The van der Waals surface area contributed by atoms with E-state index in [2.05, 4.69) is 31.1 Å². The molecule has 12 heavy (non-hydrogen) atoms. The van der Waals surface area contributed by atoms with E-state index in [0.717, 1.165) is 17.3 Å². The van der Waals surface area contributed by atoms with Crippen LogP contribution in [0.4, 0.5) is 0 Å². The van der Waals surface area contributed by atoms with Crippen LogP contribution >= 0.6 is 11.6 Å². The van der Waals surface area contributed by atoms with Crippen LogP contribution in [-0.2, 0) is 6.54 Å². The highest BCUT2D eigenvalue weighted by atomic mass is 35.5. The summed E-state index contributed by atoms with van der Waals surface area (Å²) in [6, 6.07) is 1.93. The molecule has 1 heterocycles. The van der Waals surface area contributed by atoms with Crippen LogP contribution in [-0.4, -0.2) is 10.5 Å². The Balaban J connectivity index is 2.44. The van der Waals surface area contributed by atoms with Crippen LogP contribution in [0.25, 0.3) is 0 Å². The molecule has 0 saturated carbocycles. The first-order valence-corrected chi connectivity index (χ1v) is 4.43. The Morgan fingerprint density at radius 3 is 2.58 bits per heavy atom. The van der Waals surface area contributed by atoms with E-state index in [-0.39, 0.29) is 5.54 Å². The van der Waals surface area contributed by atoms with Crippen LogP contribution in [0.1, 0.15) is 26.5 Å². The first kappa shape index (κ1) is 9.62. The monoisotopic (exact) mass is 186 g/mol. The number of hydrogen-bond donors (Lipinski definition) is 2. The topological polar surface area (TPSA) is 27.8 Å².